The minimum atomic E-state index is -4.89. The molecule has 1 unspecified atom stereocenters. The van der Waals surface area contributed by atoms with E-state index in [1.807, 2.05) is 38.2 Å². The van der Waals surface area contributed by atoms with Gasteiger partial charge in [-0.15, -0.1) is 13.2 Å². The lowest BCUT2D eigenvalue weighted by Gasteiger charge is -2.15. The molecule has 0 heterocycles. The summed E-state index contributed by atoms with van der Waals surface area (Å²) in [6.07, 6.45) is 3.64. The molecule has 1 aliphatic rings. The van der Waals surface area contributed by atoms with E-state index in [1.54, 1.807) is 0 Å². The van der Waals surface area contributed by atoms with Crippen molar-refractivity contribution in [2.24, 2.45) is 5.73 Å². The first-order chi connectivity index (χ1) is 15.3. The van der Waals surface area contributed by atoms with Crippen LogP contribution >= 0.6 is 0 Å². The highest BCUT2D eigenvalue weighted by Gasteiger charge is 2.31. The Balaban J connectivity index is 0.00000176. The molecular formula is C24H25F4NO2S. The normalized spacial score (nSPS) is 14.5. The van der Waals surface area contributed by atoms with E-state index in [-0.39, 0.29) is 9.79 Å². The highest BCUT2D eigenvalue weighted by Crippen LogP contribution is 2.31. The van der Waals surface area contributed by atoms with E-state index in [2.05, 4.69) is 4.74 Å². The topological polar surface area (TPSA) is 52.3 Å². The zero-order valence-corrected chi connectivity index (χ0v) is 18.6. The fourth-order valence-corrected chi connectivity index (χ4v) is 4.27. The molecule has 2 N–H and O–H groups in total. The van der Waals surface area contributed by atoms with E-state index in [1.165, 1.54) is 30.3 Å². The quantitative estimate of drug-likeness (QED) is 0.513. The lowest BCUT2D eigenvalue weighted by Crippen LogP contribution is -2.17. The van der Waals surface area contributed by atoms with Crippen molar-refractivity contribution < 1.29 is 26.5 Å². The Morgan fingerprint density at radius 1 is 1.06 bits per heavy atom. The van der Waals surface area contributed by atoms with Gasteiger partial charge >= 0.3 is 6.36 Å². The maximum atomic E-state index is 14.2. The van der Waals surface area contributed by atoms with Gasteiger partial charge in [0.1, 0.15) is 11.6 Å². The van der Waals surface area contributed by atoms with Crippen LogP contribution in [0, 0.1) is 5.82 Å². The van der Waals surface area contributed by atoms with Crippen LogP contribution in [0.4, 0.5) is 17.6 Å². The van der Waals surface area contributed by atoms with Crippen LogP contribution in [0.25, 0.3) is 0 Å². The lowest BCUT2D eigenvalue weighted by atomic mass is 10.0. The van der Waals surface area contributed by atoms with E-state index in [4.69, 9.17) is 5.73 Å². The van der Waals surface area contributed by atoms with Gasteiger partial charge in [-0.25, -0.2) is 8.60 Å². The van der Waals surface area contributed by atoms with Crippen molar-refractivity contribution in [1.82, 2.24) is 0 Å². The SMILES string of the molecule is CC.NCC1=CC=C(Cc2ccc(OC(F)(F)F)cc2S(=O)c2ccccc2F)CC=C1. The average molecular weight is 468 g/mol. The summed E-state index contributed by atoms with van der Waals surface area (Å²) in [6, 6.07) is 9.11. The summed E-state index contributed by atoms with van der Waals surface area (Å²) in [7, 11) is -2.03. The third-order valence-corrected chi connectivity index (χ3v) is 5.92. The van der Waals surface area contributed by atoms with Gasteiger partial charge < -0.3 is 10.5 Å². The summed E-state index contributed by atoms with van der Waals surface area (Å²) < 4.78 is 69.2. The molecule has 172 valence electrons. The number of hydrogen-bond acceptors (Lipinski definition) is 3. The second-order valence-corrected chi connectivity index (χ2v) is 7.99. The number of halogens is 4. The van der Waals surface area contributed by atoms with E-state index in [0.717, 1.165) is 23.3 Å². The Bertz CT molecular complexity index is 1040. The molecule has 0 saturated heterocycles. The van der Waals surface area contributed by atoms with Crippen LogP contribution in [0.3, 0.4) is 0 Å². The molecule has 2 aromatic carbocycles. The summed E-state index contributed by atoms with van der Waals surface area (Å²) in [6.45, 7) is 4.38. The minimum Gasteiger partial charge on any atom is -0.406 e. The van der Waals surface area contributed by atoms with Crippen LogP contribution in [0.1, 0.15) is 25.8 Å². The number of benzene rings is 2. The fourth-order valence-electron chi connectivity index (χ4n) is 2.99. The van der Waals surface area contributed by atoms with Crippen LogP contribution in [0.5, 0.6) is 5.75 Å². The standard InChI is InChI=1S/C22H19F4NO2S.C2H6/c23-19-6-1-2-7-20(19)30(28)21-13-18(29-22(24,25)26)11-10-17(21)12-15-4-3-5-16(14-27)9-8-15;1-2/h1-3,5-11,13H,4,12,14,27H2;1-2H3. The second-order valence-electron chi connectivity index (χ2n) is 6.57. The van der Waals surface area contributed by atoms with Crippen LogP contribution in [-0.2, 0) is 17.2 Å². The number of allylic oxidation sites excluding steroid dienone is 4. The molecular weight excluding hydrogens is 442 g/mol. The molecule has 3 rings (SSSR count). The van der Waals surface area contributed by atoms with Crippen LogP contribution in [-0.4, -0.2) is 17.1 Å². The smallest absolute Gasteiger partial charge is 0.406 e. The highest BCUT2D eigenvalue weighted by atomic mass is 32.2. The molecule has 3 nitrogen and oxygen atoms in total. The van der Waals surface area contributed by atoms with Crippen molar-refractivity contribution in [3.63, 3.8) is 0 Å². The van der Waals surface area contributed by atoms with E-state index < -0.39 is 28.7 Å². The summed E-state index contributed by atoms with van der Waals surface area (Å²) in [5, 5.41) is 0. The maximum absolute atomic E-state index is 14.2. The van der Waals surface area contributed by atoms with Crippen LogP contribution in [0.15, 0.2) is 87.7 Å². The summed E-state index contributed by atoms with van der Waals surface area (Å²) in [5.41, 5.74) is 8.06. The van der Waals surface area contributed by atoms with Gasteiger partial charge in [-0.3, -0.25) is 0 Å². The van der Waals surface area contributed by atoms with Crippen molar-refractivity contribution in [2.45, 2.75) is 42.8 Å². The first kappa shape index (κ1) is 25.5. The Kier molecular flexibility index (Phi) is 9.41. The van der Waals surface area contributed by atoms with Crippen molar-refractivity contribution in [3.05, 3.63) is 89.3 Å². The molecule has 0 saturated carbocycles. The maximum Gasteiger partial charge on any atom is 0.573 e. The Labute approximate surface area is 187 Å². The van der Waals surface area contributed by atoms with Crippen molar-refractivity contribution in [1.29, 1.82) is 0 Å². The molecule has 0 aliphatic heterocycles. The Morgan fingerprint density at radius 3 is 2.44 bits per heavy atom. The van der Waals surface area contributed by atoms with Crippen molar-refractivity contribution in [2.75, 3.05) is 6.54 Å². The van der Waals surface area contributed by atoms with Gasteiger partial charge in [-0.2, -0.15) is 0 Å². The molecule has 0 spiro atoms. The molecule has 32 heavy (non-hydrogen) atoms. The first-order valence-electron chi connectivity index (χ1n) is 10.1. The minimum absolute atomic E-state index is 0.0685. The fraction of sp³-hybridized carbons (Fsp3) is 0.250. The van der Waals surface area contributed by atoms with Gasteiger partial charge in [0.2, 0.25) is 0 Å². The van der Waals surface area contributed by atoms with Gasteiger partial charge in [0, 0.05) is 6.54 Å². The van der Waals surface area contributed by atoms with Gasteiger partial charge in [0.25, 0.3) is 0 Å². The van der Waals surface area contributed by atoms with Crippen LogP contribution in [0.2, 0.25) is 0 Å². The zero-order valence-electron chi connectivity index (χ0n) is 17.8. The molecule has 8 heteroatoms. The predicted molar refractivity (Wildman–Crippen MR) is 118 cm³/mol. The number of nitrogens with two attached hydrogens (primary N) is 1. The molecule has 2 aromatic rings. The lowest BCUT2D eigenvalue weighted by molar-refractivity contribution is -0.274. The van der Waals surface area contributed by atoms with E-state index in [0.29, 0.717) is 24.9 Å². The summed E-state index contributed by atoms with van der Waals surface area (Å²) >= 11 is 0. The molecule has 0 bridgehead atoms. The molecule has 0 aromatic heterocycles. The number of alkyl halides is 3. The summed E-state index contributed by atoms with van der Waals surface area (Å²) in [4.78, 5) is -0.0398. The van der Waals surface area contributed by atoms with Gasteiger partial charge in [-0.1, -0.05) is 61.9 Å². The van der Waals surface area contributed by atoms with Crippen LogP contribution < -0.4 is 10.5 Å². The van der Waals surface area contributed by atoms with E-state index >= 15 is 0 Å². The molecule has 0 fully saturated rings. The van der Waals surface area contributed by atoms with E-state index in [9.17, 15) is 21.8 Å². The Hall–Kier alpha value is -2.71. The summed E-state index contributed by atoms with van der Waals surface area (Å²) in [5.74, 6) is -1.21. The predicted octanol–water partition coefficient (Wildman–Crippen LogP) is 6.23. The number of hydrogen-bond donors (Lipinski definition) is 1. The number of ether oxygens (including phenoxy) is 1. The highest BCUT2D eigenvalue weighted by molar-refractivity contribution is 7.85. The molecule has 0 amide bonds. The molecule has 1 atom stereocenters. The van der Waals surface area contributed by atoms with Crippen molar-refractivity contribution in [3.8, 4) is 5.75 Å². The van der Waals surface area contributed by atoms with Gasteiger partial charge in [0.05, 0.1) is 20.6 Å². The zero-order chi connectivity index (χ0) is 23.7. The second kappa shape index (κ2) is 11.8. The third kappa shape index (κ3) is 7.17. The number of rotatable bonds is 6. The van der Waals surface area contributed by atoms with Gasteiger partial charge in [-0.05, 0) is 48.2 Å². The average Bonchev–Trinajstić information content (AvgIpc) is 3.00. The first-order valence-corrected chi connectivity index (χ1v) is 11.2. The third-order valence-electron chi connectivity index (χ3n) is 4.41. The van der Waals surface area contributed by atoms with Gasteiger partial charge in [0.15, 0.2) is 0 Å². The molecule has 0 radical (unpaired) electrons. The monoisotopic (exact) mass is 467 g/mol. The van der Waals surface area contributed by atoms with Crippen molar-refractivity contribution >= 4 is 10.8 Å². The Morgan fingerprint density at radius 2 is 1.78 bits per heavy atom. The molecule has 1 aliphatic carbocycles. The largest absolute Gasteiger partial charge is 0.573 e.